The third-order valence-corrected chi connectivity index (χ3v) is 2.90. The second-order valence-corrected chi connectivity index (χ2v) is 4.53. The van der Waals surface area contributed by atoms with Crippen molar-refractivity contribution < 1.29 is 18.7 Å². The molecule has 0 aliphatic rings. The normalized spacial score (nSPS) is 10.5. The summed E-state index contributed by atoms with van der Waals surface area (Å²) in [6.45, 7) is 0.227. The molecule has 120 valence electrons. The van der Waals surface area contributed by atoms with Crippen molar-refractivity contribution in [3.8, 4) is 11.5 Å². The Morgan fingerprint density at radius 2 is 2.04 bits per heavy atom. The van der Waals surface area contributed by atoms with Gasteiger partial charge in [0.1, 0.15) is 12.4 Å². The summed E-state index contributed by atoms with van der Waals surface area (Å²) in [4.78, 5) is 10.6. The summed E-state index contributed by atoms with van der Waals surface area (Å²) >= 11 is 0. The minimum Gasteiger partial charge on any atom is -0.493 e. The number of benzene rings is 2. The van der Waals surface area contributed by atoms with Crippen molar-refractivity contribution >= 4 is 12.2 Å². The van der Waals surface area contributed by atoms with Gasteiger partial charge < -0.3 is 15.2 Å². The molecule has 0 aromatic heterocycles. The lowest BCUT2D eigenvalue weighted by Crippen LogP contribution is -2.24. The van der Waals surface area contributed by atoms with Gasteiger partial charge >= 0.3 is 6.03 Å². The van der Waals surface area contributed by atoms with E-state index in [9.17, 15) is 9.18 Å². The smallest absolute Gasteiger partial charge is 0.332 e. The average Bonchev–Trinajstić information content (AvgIpc) is 2.54. The monoisotopic (exact) mass is 317 g/mol. The number of carbonyl (C=O) groups excluding carboxylic acids is 1. The molecule has 23 heavy (non-hydrogen) atoms. The zero-order chi connectivity index (χ0) is 16.7. The highest BCUT2D eigenvalue weighted by atomic mass is 19.1. The largest absolute Gasteiger partial charge is 0.493 e. The molecule has 0 aliphatic carbocycles. The number of hydrogen-bond acceptors (Lipinski definition) is 4. The molecule has 0 saturated heterocycles. The summed E-state index contributed by atoms with van der Waals surface area (Å²) < 4.78 is 23.9. The van der Waals surface area contributed by atoms with E-state index in [1.165, 1.54) is 25.5 Å². The van der Waals surface area contributed by atoms with E-state index >= 15 is 0 Å². The van der Waals surface area contributed by atoms with Crippen molar-refractivity contribution in [1.29, 1.82) is 0 Å². The number of primary amides is 1. The average molecular weight is 317 g/mol. The van der Waals surface area contributed by atoms with Gasteiger partial charge in [0.15, 0.2) is 11.5 Å². The highest BCUT2D eigenvalue weighted by Crippen LogP contribution is 2.30. The number of amides is 2. The van der Waals surface area contributed by atoms with E-state index < -0.39 is 6.03 Å². The molecule has 6 nitrogen and oxygen atoms in total. The molecule has 2 aromatic rings. The molecule has 2 aromatic carbocycles. The lowest BCUT2D eigenvalue weighted by molar-refractivity contribution is 0.249. The maximum atomic E-state index is 12.9. The van der Waals surface area contributed by atoms with Crippen molar-refractivity contribution in [3.63, 3.8) is 0 Å². The third kappa shape index (κ3) is 4.70. The minimum atomic E-state index is -0.766. The molecule has 0 heterocycles. The number of nitrogens with two attached hydrogens (primary N) is 1. The Labute approximate surface area is 132 Å². The molecular formula is C16H16FN3O3. The summed E-state index contributed by atoms with van der Waals surface area (Å²) in [6, 6.07) is 10.5. The number of ether oxygens (including phenoxy) is 2. The van der Waals surface area contributed by atoms with Gasteiger partial charge in [0.2, 0.25) is 0 Å². The van der Waals surface area contributed by atoms with Crippen molar-refractivity contribution in [1.82, 2.24) is 5.43 Å². The van der Waals surface area contributed by atoms with Gasteiger partial charge in [-0.15, -0.1) is 0 Å². The first-order valence-corrected chi connectivity index (χ1v) is 6.73. The highest BCUT2D eigenvalue weighted by molar-refractivity contribution is 5.86. The number of carbonyl (C=O) groups is 1. The van der Waals surface area contributed by atoms with E-state index in [0.29, 0.717) is 17.1 Å². The molecule has 0 aliphatic heterocycles. The number of hydrogen-bond donors (Lipinski definition) is 2. The second kappa shape index (κ2) is 7.79. The van der Waals surface area contributed by atoms with Crippen LogP contribution in [0.1, 0.15) is 11.1 Å². The van der Waals surface area contributed by atoms with Gasteiger partial charge in [0, 0.05) is 5.56 Å². The summed E-state index contributed by atoms with van der Waals surface area (Å²) in [5.74, 6) is 0.654. The Morgan fingerprint density at radius 3 is 2.70 bits per heavy atom. The second-order valence-electron chi connectivity index (χ2n) is 4.53. The first-order valence-electron chi connectivity index (χ1n) is 6.73. The number of para-hydroxylation sites is 1. The Kier molecular flexibility index (Phi) is 5.51. The number of halogens is 1. The Morgan fingerprint density at radius 1 is 1.30 bits per heavy atom. The van der Waals surface area contributed by atoms with Crippen LogP contribution in [0, 0.1) is 5.82 Å². The number of urea groups is 1. The van der Waals surface area contributed by atoms with Crippen LogP contribution in [-0.2, 0) is 6.61 Å². The molecular weight excluding hydrogens is 301 g/mol. The quantitative estimate of drug-likeness (QED) is 0.633. The van der Waals surface area contributed by atoms with Gasteiger partial charge in [-0.25, -0.2) is 14.6 Å². The molecule has 2 amide bonds. The van der Waals surface area contributed by atoms with Crippen LogP contribution in [0.4, 0.5) is 9.18 Å². The van der Waals surface area contributed by atoms with Crippen molar-refractivity contribution in [2.75, 3.05) is 7.11 Å². The SMILES string of the molecule is COc1cccc(/C=N/NC(N)=O)c1OCc1ccc(F)cc1. The zero-order valence-electron chi connectivity index (χ0n) is 12.5. The van der Waals surface area contributed by atoms with Crippen LogP contribution in [0.5, 0.6) is 11.5 Å². The van der Waals surface area contributed by atoms with Gasteiger partial charge in [-0.2, -0.15) is 5.10 Å². The number of nitrogens with zero attached hydrogens (tertiary/aromatic N) is 1. The molecule has 0 spiro atoms. The first kappa shape index (κ1) is 16.3. The van der Waals surface area contributed by atoms with Crippen LogP contribution >= 0.6 is 0 Å². The van der Waals surface area contributed by atoms with Crippen LogP contribution in [0.15, 0.2) is 47.6 Å². The predicted molar refractivity (Wildman–Crippen MR) is 84.0 cm³/mol. The van der Waals surface area contributed by atoms with Gasteiger partial charge in [0.25, 0.3) is 0 Å². The molecule has 3 N–H and O–H groups in total. The van der Waals surface area contributed by atoms with Crippen LogP contribution < -0.4 is 20.6 Å². The molecule has 0 radical (unpaired) electrons. The van der Waals surface area contributed by atoms with E-state index in [1.807, 2.05) is 0 Å². The molecule has 0 saturated carbocycles. The third-order valence-electron chi connectivity index (χ3n) is 2.90. The van der Waals surface area contributed by atoms with Gasteiger partial charge in [-0.3, -0.25) is 0 Å². The van der Waals surface area contributed by atoms with Crippen molar-refractivity contribution in [2.45, 2.75) is 6.61 Å². The van der Waals surface area contributed by atoms with E-state index in [4.69, 9.17) is 15.2 Å². The molecule has 7 heteroatoms. The van der Waals surface area contributed by atoms with Crippen molar-refractivity contribution in [3.05, 3.63) is 59.4 Å². The molecule has 0 fully saturated rings. The fourth-order valence-electron chi connectivity index (χ4n) is 1.85. The predicted octanol–water partition coefficient (Wildman–Crippen LogP) is 2.42. The standard InChI is InChI=1S/C16H16FN3O3/c1-22-14-4-2-3-12(9-19-20-16(18)21)15(14)23-10-11-5-7-13(17)8-6-11/h2-9H,10H2,1H3,(H3,18,20,21)/b19-9+. The van der Waals surface area contributed by atoms with E-state index in [0.717, 1.165) is 5.56 Å². The lowest BCUT2D eigenvalue weighted by Gasteiger charge is -2.13. The molecule has 0 bridgehead atoms. The van der Waals surface area contributed by atoms with Crippen LogP contribution in [0.2, 0.25) is 0 Å². The van der Waals surface area contributed by atoms with Crippen LogP contribution in [-0.4, -0.2) is 19.4 Å². The van der Waals surface area contributed by atoms with E-state index in [1.54, 1.807) is 30.3 Å². The molecule has 2 rings (SSSR count). The van der Waals surface area contributed by atoms with Crippen molar-refractivity contribution in [2.24, 2.45) is 10.8 Å². The highest BCUT2D eigenvalue weighted by Gasteiger charge is 2.09. The fraction of sp³-hybridized carbons (Fsp3) is 0.125. The van der Waals surface area contributed by atoms with Crippen LogP contribution in [0.25, 0.3) is 0 Å². The van der Waals surface area contributed by atoms with Gasteiger partial charge in [-0.1, -0.05) is 18.2 Å². The maximum Gasteiger partial charge on any atom is 0.332 e. The zero-order valence-corrected chi connectivity index (χ0v) is 12.5. The summed E-state index contributed by atoms with van der Waals surface area (Å²) in [6.07, 6.45) is 1.40. The molecule has 0 atom stereocenters. The minimum absolute atomic E-state index is 0.227. The maximum absolute atomic E-state index is 12.9. The Balaban J connectivity index is 2.19. The summed E-state index contributed by atoms with van der Waals surface area (Å²) in [5, 5.41) is 3.71. The van der Waals surface area contributed by atoms with E-state index in [2.05, 4.69) is 10.5 Å². The number of hydrazone groups is 1. The van der Waals surface area contributed by atoms with E-state index in [-0.39, 0.29) is 12.4 Å². The van der Waals surface area contributed by atoms with Gasteiger partial charge in [-0.05, 0) is 29.8 Å². The number of methoxy groups -OCH3 is 1. The fourth-order valence-corrected chi connectivity index (χ4v) is 1.85. The number of nitrogens with one attached hydrogen (secondary N) is 1. The Bertz CT molecular complexity index is 702. The van der Waals surface area contributed by atoms with Gasteiger partial charge in [0.05, 0.1) is 13.3 Å². The summed E-state index contributed by atoms with van der Waals surface area (Å²) in [7, 11) is 1.52. The lowest BCUT2D eigenvalue weighted by atomic mass is 10.2. The topological polar surface area (TPSA) is 85.9 Å². The summed E-state index contributed by atoms with van der Waals surface area (Å²) in [5.41, 5.74) is 8.45. The Hall–Kier alpha value is -3.09. The molecule has 0 unspecified atom stereocenters. The number of rotatable bonds is 6. The van der Waals surface area contributed by atoms with Crippen LogP contribution in [0.3, 0.4) is 0 Å². The first-order chi connectivity index (χ1) is 11.1.